The monoisotopic (exact) mass is 282 g/mol. The second-order valence-corrected chi connectivity index (χ2v) is 5.25. The molecule has 0 unspecified atom stereocenters. The Bertz CT molecular complexity index is 585. The van der Waals surface area contributed by atoms with Gasteiger partial charge in [0.2, 0.25) is 6.79 Å². The third kappa shape index (κ3) is 2.11. The topological polar surface area (TPSA) is 43.4 Å². The van der Waals surface area contributed by atoms with Crippen molar-refractivity contribution in [1.29, 1.82) is 0 Å². The Hall–Kier alpha value is -1.46. The van der Waals surface area contributed by atoms with Crippen LogP contribution < -0.4 is 14.8 Å². The lowest BCUT2D eigenvalue weighted by molar-refractivity contribution is 0.174. The van der Waals surface area contributed by atoms with E-state index in [0.29, 0.717) is 17.3 Å². The number of benzene rings is 1. The fraction of sp³-hybridized carbons (Fsp3) is 0.250. The Labute approximate surface area is 114 Å². The van der Waals surface area contributed by atoms with Crippen molar-refractivity contribution in [3.63, 3.8) is 0 Å². The molecule has 1 N–H and O–H groups in total. The molecule has 2 heterocycles. The molecule has 0 radical (unpaired) electrons. The lowest BCUT2D eigenvalue weighted by atomic mass is 10.2. The Balaban J connectivity index is 1.79. The van der Waals surface area contributed by atoms with Crippen LogP contribution >= 0.6 is 22.9 Å². The van der Waals surface area contributed by atoms with Gasteiger partial charge < -0.3 is 14.8 Å². The maximum absolute atomic E-state index is 6.18. The van der Waals surface area contributed by atoms with E-state index in [1.807, 2.05) is 18.5 Å². The molecular formula is C12H11ClN2O2S. The molecule has 0 spiro atoms. The average molecular weight is 283 g/mol. The van der Waals surface area contributed by atoms with Gasteiger partial charge in [-0.3, -0.25) is 0 Å². The van der Waals surface area contributed by atoms with E-state index < -0.39 is 0 Å². The van der Waals surface area contributed by atoms with Gasteiger partial charge in [0.15, 0.2) is 11.5 Å². The highest BCUT2D eigenvalue weighted by Crippen LogP contribution is 2.39. The van der Waals surface area contributed by atoms with Crippen LogP contribution in [0.5, 0.6) is 11.5 Å². The van der Waals surface area contributed by atoms with E-state index in [0.717, 1.165) is 17.1 Å². The van der Waals surface area contributed by atoms with Crippen LogP contribution in [0.2, 0.25) is 5.02 Å². The lowest BCUT2D eigenvalue weighted by Crippen LogP contribution is -1.99. The van der Waals surface area contributed by atoms with Crippen LogP contribution in [0.1, 0.15) is 10.6 Å². The predicted octanol–water partition coefficient (Wildman–Crippen LogP) is 3.45. The number of hydrogen-bond acceptors (Lipinski definition) is 5. The van der Waals surface area contributed by atoms with Crippen molar-refractivity contribution in [3.05, 3.63) is 33.2 Å². The molecule has 0 amide bonds. The zero-order valence-electron chi connectivity index (χ0n) is 9.70. The van der Waals surface area contributed by atoms with Gasteiger partial charge in [0.25, 0.3) is 0 Å². The van der Waals surface area contributed by atoms with Gasteiger partial charge in [0, 0.05) is 17.0 Å². The minimum atomic E-state index is 0.253. The van der Waals surface area contributed by atoms with Gasteiger partial charge >= 0.3 is 0 Å². The number of aryl methyl sites for hydroxylation is 1. The number of nitrogens with one attached hydrogen (secondary N) is 1. The first-order valence-corrected chi connectivity index (χ1v) is 6.72. The molecule has 18 heavy (non-hydrogen) atoms. The van der Waals surface area contributed by atoms with Crippen LogP contribution in [0.3, 0.4) is 0 Å². The van der Waals surface area contributed by atoms with Crippen LogP contribution in [-0.4, -0.2) is 11.8 Å². The summed E-state index contributed by atoms with van der Waals surface area (Å²) in [4.78, 5) is 5.41. The maximum atomic E-state index is 6.18. The van der Waals surface area contributed by atoms with Gasteiger partial charge in [-0.05, 0) is 6.92 Å². The van der Waals surface area contributed by atoms with Crippen LogP contribution in [0, 0.1) is 6.92 Å². The molecule has 4 nitrogen and oxygen atoms in total. The number of fused-ring (bicyclic) bond motifs is 1. The van der Waals surface area contributed by atoms with Crippen molar-refractivity contribution in [3.8, 4) is 11.5 Å². The van der Waals surface area contributed by atoms with Crippen molar-refractivity contribution >= 4 is 28.6 Å². The van der Waals surface area contributed by atoms with Gasteiger partial charge in [0.05, 0.1) is 28.5 Å². The summed E-state index contributed by atoms with van der Waals surface area (Å²) in [6, 6.07) is 3.63. The third-order valence-corrected chi connectivity index (χ3v) is 3.99. The van der Waals surface area contributed by atoms with E-state index in [4.69, 9.17) is 21.1 Å². The minimum absolute atomic E-state index is 0.253. The zero-order valence-corrected chi connectivity index (χ0v) is 11.3. The molecule has 6 heteroatoms. The largest absolute Gasteiger partial charge is 0.454 e. The summed E-state index contributed by atoms with van der Waals surface area (Å²) < 4.78 is 10.6. The first-order valence-electron chi connectivity index (χ1n) is 5.46. The summed E-state index contributed by atoms with van der Waals surface area (Å²) in [5, 5.41) is 3.92. The smallest absolute Gasteiger partial charge is 0.231 e. The average Bonchev–Trinajstić information content (AvgIpc) is 2.95. The molecule has 3 rings (SSSR count). The number of ether oxygens (including phenoxy) is 2. The summed E-state index contributed by atoms with van der Waals surface area (Å²) in [7, 11) is 0. The van der Waals surface area contributed by atoms with Gasteiger partial charge in [0.1, 0.15) is 0 Å². The number of hydrogen-bond donors (Lipinski definition) is 1. The fourth-order valence-corrected chi connectivity index (χ4v) is 2.66. The van der Waals surface area contributed by atoms with Crippen LogP contribution in [0.4, 0.5) is 5.69 Å². The van der Waals surface area contributed by atoms with Crippen molar-refractivity contribution in [2.24, 2.45) is 0 Å². The highest BCUT2D eigenvalue weighted by molar-refractivity contribution is 7.09. The number of rotatable bonds is 3. The quantitative estimate of drug-likeness (QED) is 0.936. The highest BCUT2D eigenvalue weighted by atomic mass is 35.5. The molecule has 0 aliphatic carbocycles. The Morgan fingerprint density at radius 2 is 2.17 bits per heavy atom. The summed E-state index contributed by atoms with van der Waals surface area (Å²) >= 11 is 7.81. The molecule has 0 bridgehead atoms. The molecule has 1 aliphatic heterocycles. The van der Waals surface area contributed by atoms with Gasteiger partial charge in [-0.1, -0.05) is 11.6 Å². The molecule has 0 atom stereocenters. The molecule has 1 aliphatic rings. The van der Waals surface area contributed by atoms with Gasteiger partial charge in [-0.15, -0.1) is 11.3 Å². The van der Waals surface area contributed by atoms with E-state index in [1.54, 1.807) is 17.4 Å². The number of nitrogens with zero attached hydrogens (tertiary/aromatic N) is 1. The molecule has 0 saturated heterocycles. The molecule has 1 aromatic carbocycles. The maximum Gasteiger partial charge on any atom is 0.231 e. The minimum Gasteiger partial charge on any atom is -0.454 e. The van der Waals surface area contributed by atoms with E-state index in [1.165, 1.54) is 4.88 Å². The number of aromatic nitrogens is 1. The molecule has 1 aromatic heterocycles. The Morgan fingerprint density at radius 3 is 2.89 bits per heavy atom. The highest BCUT2D eigenvalue weighted by Gasteiger charge is 2.16. The standard InChI is InChI=1S/C12H11ClN2O2S/c1-7-12(18-5-15-7)4-14-9-3-11-10(2-8(9)13)16-6-17-11/h2-3,5,14H,4,6H2,1H3. The van der Waals surface area contributed by atoms with Crippen LogP contribution in [0.25, 0.3) is 0 Å². The van der Waals surface area contributed by atoms with Crippen molar-refractivity contribution in [1.82, 2.24) is 4.98 Å². The molecular weight excluding hydrogens is 272 g/mol. The summed E-state index contributed by atoms with van der Waals surface area (Å²) in [5.74, 6) is 1.42. The van der Waals surface area contributed by atoms with E-state index in [9.17, 15) is 0 Å². The molecule has 2 aromatic rings. The van der Waals surface area contributed by atoms with Crippen LogP contribution in [0.15, 0.2) is 17.6 Å². The number of thiazole rings is 1. The van der Waals surface area contributed by atoms with Crippen LogP contribution in [-0.2, 0) is 6.54 Å². The first kappa shape index (κ1) is 11.6. The molecule has 0 saturated carbocycles. The SMILES string of the molecule is Cc1ncsc1CNc1cc2c(cc1Cl)OCO2. The lowest BCUT2D eigenvalue weighted by Gasteiger charge is -2.08. The van der Waals surface area contributed by atoms with E-state index >= 15 is 0 Å². The van der Waals surface area contributed by atoms with E-state index in [2.05, 4.69) is 10.3 Å². The van der Waals surface area contributed by atoms with Crippen molar-refractivity contribution in [2.45, 2.75) is 13.5 Å². The van der Waals surface area contributed by atoms with Crippen molar-refractivity contribution < 1.29 is 9.47 Å². The number of anilines is 1. The number of halogens is 1. The summed E-state index contributed by atoms with van der Waals surface area (Å²) in [6.07, 6.45) is 0. The normalized spacial score (nSPS) is 12.8. The Kier molecular flexibility index (Phi) is 3.01. The second kappa shape index (κ2) is 4.66. The summed E-state index contributed by atoms with van der Waals surface area (Å²) in [6.45, 7) is 2.95. The Morgan fingerprint density at radius 1 is 1.39 bits per heavy atom. The zero-order chi connectivity index (χ0) is 12.5. The summed E-state index contributed by atoms with van der Waals surface area (Å²) in [5.41, 5.74) is 3.73. The van der Waals surface area contributed by atoms with E-state index in [-0.39, 0.29) is 6.79 Å². The molecule has 0 fully saturated rings. The van der Waals surface area contributed by atoms with Gasteiger partial charge in [-0.2, -0.15) is 0 Å². The first-order chi connectivity index (χ1) is 8.74. The van der Waals surface area contributed by atoms with Gasteiger partial charge in [-0.25, -0.2) is 4.98 Å². The second-order valence-electron chi connectivity index (χ2n) is 3.90. The fourth-order valence-electron chi connectivity index (χ4n) is 1.72. The third-order valence-electron chi connectivity index (χ3n) is 2.75. The van der Waals surface area contributed by atoms with Crippen molar-refractivity contribution in [2.75, 3.05) is 12.1 Å². The molecule has 94 valence electrons. The predicted molar refractivity (Wildman–Crippen MR) is 71.8 cm³/mol.